The van der Waals surface area contributed by atoms with Crippen molar-refractivity contribution in [1.29, 1.82) is 0 Å². The number of hydrazone groups is 1. The highest BCUT2D eigenvalue weighted by Gasteiger charge is 2.52. The number of hydrogen-bond acceptors (Lipinski definition) is 10. The quantitative estimate of drug-likeness (QED) is 0.154. The number of benzene rings is 1. The van der Waals surface area contributed by atoms with E-state index in [0.717, 1.165) is 5.01 Å². The molecule has 2 aliphatic rings. The van der Waals surface area contributed by atoms with Gasteiger partial charge in [-0.1, -0.05) is 45.9 Å². The molecule has 13 heteroatoms. The molecule has 0 fully saturated rings. The fourth-order valence-corrected chi connectivity index (χ4v) is 5.35. The number of rotatable bonds is 6. The standard InChI is InChI=1S/C28H29N5O8/c1-5-28(38)20-18(14-41-26(28)37)24(35)31-13-17-16(12-29-32(10-11-34)25(36)27(2,3)4)15-8-6-7-9-19(15)30-21(17)23(31)22(20)33(39)40/h6-9,12,34,38H,5,10-11,13-14H2,1-4H3/b29-12+/t28-/m0/s1. The maximum atomic E-state index is 13.7. The van der Waals surface area contributed by atoms with E-state index in [1.165, 1.54) is 17.7 Å². The number of aliphatic hydroxyl groups is 2. The Bertz CT molecular complexity index is 1720. The lowest BCUT2D eigenvalue weighted by Gasteiger charge is -2.31. The highest BCUT2D eigenvalue weighted by atomic mass is 16.6. The number of aliphatic hydroxyl groups excluding tert-OH is 1. The first-order valence-corrected chi connectivity index (χ1v) is 13.1. The molecule has 41 heavy (non-hydrogen) atoms. The Kier molecular flexibility index (Phi) is 6.74. The number of cyclic esters (lactones) is 1. The van der Waals surface area contributed by atoms with Gasteiger partial charge in [0.1, 0.15) is 18.0 Å². The summed E-state index contributed by atoms with van der Waals surface area (Å²) in [6.07, 6.45) is 1.18. The van der Waals surface area contributed by atoms with Gasteiger partial charge in [0.05, 0.1) is 47.5 Å². The van der Waals surface area contributed by atoms with E-state index in [0.29, 0.717) is 22.0 Å². The number of esters is 1. The Labute approximate surface area is 233 Å². The Hall–Kier alpha value is -4.49. The maximum Gasteiger partial charge on any atom is 0.343 e. The number of hydrogen-bond donors (Lipinski definition) is 2. The van der Waals surface area contributed by atoms with Gasteiger partial charge in [-0.2, -0.15) is 5.10 Å². The molecule has 2 aliphatic heterocycles. The number of fused-ring (bicyclic) bond motifs is 5. The Morgan fingerprint density at radius 2 is 2.00 bits per heavy atom. The third-order valence-corrected chi connectivity index (χ3v) is 7.42. The second-order valence-electron chi connectivity index (χ2n) is 11.0. The lowest BCUT2D eigenvalue weighted by Crippen LogP contribution is -2.45. The van der Waals surface area contributed by atoms with Gasteiger partial charge in [-0.15, -0.1) is 0 Å². The van der Waals surface area contributed by atoms with E-state index in [1.54, 1.807) is 45.0 Å². The zero-order valence-corrected chi connectivity index (χ0v) is 23.0. The van der Waals surface area contributed by atoms with E-state index in [2.05, 4.69) is 10.1 Å². The van der Waals surface area contributed by atoms with Crippen LogP contribution >= 0.6 is 0 Å². The second-order valence-corrected chi connectivity index (χ2v) is 11.0. The largest absolute Gasteiger partial charge is 0.458 e. The smallest absolute Gasteiger partial charge is 0.343 e. The third kappa shape index (κ3) is 4.28. The fourth-order valence-electron chi connectivity index (χ4n) is 5.35. The number of amides is 1. The molecule has 4 heterocycles. The van der Waals surface area contributed by atoms with Crippen LogP contribution in [0, 0.1) is 15.5 Å². The van der Waals surface area contributed by atoms with Crippen molar-refractivity contribution in [3.8, 4) is 11.4 Å². The molecule has 3 aromatic rings. The molecule has 0 aliphatic carbocycles. The predicted octanol–water partition coefficient (Wildman–Crippen LogP) is 2.19. The van der Waals surface area contributed by atoms with Crippen LogP contribution in [0.5, 0.6) is 0 Å². The molecule has 2 aromatic heterocycles. The van der Waals surface area contributed by atoms with Crippen molar-refractivity contribution in [1.82, 2.24) is 14.6 Å². The molecule has 0 radical (unpaired) electrons. The van der Waals surface area contributed by atoms with Crippen LogP contribution in [0.3, 0.4) is 0 Å². The van der Waals surface area contributed by atoms with Crippen LogP contribution in [0.1, 0.15) is 56.4 Å². The van der Waals surface area contributed by atoms with Crippen LogP contribution in [0.15, 0.2) is 34.2 Å². The summed E-state index contributed by atoms with van der Waals surface area (Å²) in [6.45, 7) is 5.65. The summed E-state index contributed by atoms with van der Waals surface area (Å²) in [6, 6.07) is 6.99. The minimum absolute atomic E-state index is 0.0562. The van der Waals surface area contributed by atoms with E-state index in [4.69, 9.17) is 4.74 Å². The van der Waals surface area contributed by atoms with Crippen molar-refractivity contribution in [2.75, 3.05) is 13.2 Å². The topological polar surface area (TPSA) is 177 Å². The molecule has 0 unspecified atom stereocenters. The van der Waals surface area contributed by atoms with E-state index in [-0.39, 0.29) is 54.5 Å². The van der Waals surface area contributed by atoms with Gasteiger partial charge in [0.15, 0.2) is 5.60 Å². The van der Waals surface area contributed by atoms with E-state index in [1.807, 2.05) is 0 Å². The van der Waals surface area contributed by atoms with Crippen LogP contribution in [0.25, 0.3) is 22.3 Å². The molecule has 214 valence electrons. The Balaban J connectivity index is 1.81. The van der Waals surface area contributed by atoms with Crippen molar-refractivity contribution >= 4 is 34.7 Å². The minimum Gasteiger partial charge on any atom is -0.458 e. The molecular weight excluding hydrogens is 534 g/mol. The molecule has 0 spiro atoms. The SMILES string of the molecule is CC[C@@]1(O)C(=O)OCc2c1c([N+](=O)[O-])c1n(c2=O)Cc2c-1nc1ccccc1c2/C=N/N(CCO)C(=O)C(C)(C)C. The molecule has 1 aromatic carbocycles. The lowest BCUT2D eigenvalue weighted by molar-refractivity contribution is -0.386. The number of para-hydroxylation sites is 1. The van der Waals surface area contributed by atoms with Crippen molar-refractivity contribution in [2.24, 2.45) is 10.5 Å². The van der Waals surface area contributed by atoms with Crippen LogP contribution in [-0.2, 0) is 33.1 Å². The average molecular weight is 564 g/mol. The van der Waals surface area contributed by atoms with E-state index >= 15 is 0 Å². The molecular formula is C28H29N5O8. The lowest BCUT2D eigenvalue weighted by atomic mass is 9.84. The summed E-state index contributed by atoms with van der Waals surface area (Å²) < 4.78 is 6.27. The number of pyridine rings is 2. The van der Waals surface area contributed by atoms with Gasteiger partial charge in [0, 0.05) is 21.9 Å². The number of nitro groups is 1. The zero-order chi connectivity index (χ0) is 29.9. The van der Waals surface area contributed by atoms with Gasteiger partial charge in [0.2, 0.25) is 5.91 Å². The third-order valence-electron chi connectivity index (χ3n) is 7.42. The van der Waals surface area contributed by atoms with Crippen molar-refractivity contribution in [2.45, 2.75) is 52.9 Å². The number of carbonyl (C=O) groups excluding carboxylic acids is 2. The highest BCUT2D eigenvalue weighted by molar-refractivity contribution is 6.03. The van der Waals surface area contributed by atoms with Crippen molar-refractivity contribution in [3.63, 3.8) is 0 Å². The first-order chi connectivity index (χ1) is 19.3. The predicted molar refractivity (Wildman–Crippen MR) is 147 cm³/mol. The van der Waals surface area contributed by atoms with Crippen LogP contribution < -0.4 is 5.56 Å². The molecule has 0 saturated heterocycles. The number of ether oxygens (including phenoxy) is 1. The van der Waals surface area contributed by atoms with Gasteiger partial charge in [-0.25, -0.2) is 14.8 Å². The Morgan fingerprint density at radius 3 is 2.63 bits per heavy atom. The summed E-state index contributed by atoms with van der Waals surface area (Å²) in [4.78, 5) is 55.8. The van der Waals surface area contributed by atoms with Crippen LogP contribution in [0.2, 0.25) is 0 Å². The van der Waals surface area contributed by atoms with Gasteiger partial charge in [-0.05, 0) is 12.5 Å². The fraction of sp³-hybridized carbons (Fsp3) is 0.393. The van der Waals surface area contributed by atoms with Crippen molar-refractivity contribution in [3.05, 3.63) is 67.0 Å². The van der Waals surface area contributed by atoms with Gasteiger partial charge >= 0.3 is 11.7 Å². The van der Waals surface area contributed by atoms with E-state index in [9.17, 15) is 34.7 Å². The molecule has 0 bridgehead atoms. The molecule has 13 nitrogen and oxygen atoms in total. The number of nitrogens with zero attached hydrogens (tertiary/aromatic N) is 5. The molecule has 2 N–H and O–H groups in total. The molecule has 1 atom stereocenters. The van der Waals surface area contributed by atoms with Crippen LogP contribution in [-0.4, -0.2) is 60.9 Å². The summed E-state index contributed by atoms with van der Waals surface area (Å²) in [7, 11) is 0. The summed E-state index contributed by atoms with van der Waals surface area (Å²) in [5, 5.41) is 39.5. The highest BCUT2D eigenvalue weighted by Crippen LogP contribution is 2.47. The first kappa shape index (κ1) is 28.1. The average Bonchev–Trinajstić information content (AvgIpc) is 3.30. The Morgan fingerprint density at radius 1 is 1.29 bits per heavy atom. The normalized spacial score (nSPS) is 17.8. The molecule has 1 amide bonds. The summed E-state index contributed by atoms with van der Waals surface area (Å²) in [5.41, 5.74) is -3.58. The van der Waals surface area contributed by atoms with Crippen LogP contribution in [0.4, 0.5) is 5.69 Å². The number of aromatic nitrogens is 2. The number of carbonyl (C=O) groups is 2. The first-order valence-electron chi connectivity index (χ1n) is 13.1. The van der Waals surface area contributed by atoms with E-state index < -0.39 is 39.8 Å². The zero-order valence-electron chi connectivity index (χ0n) is 23.0. The summed E-state index contributed by atoms with van der Waals surface area (Å²) >= 11 is 0. The van der Waals surface area contributed by atoms with Crippen molar-refractivity contribution < 1.29 is 29.5 Å². The second kappa shape index (κ2) is 9.85. The monoisotopic (exact) mass is 563 g/mol. The molecule has 0 saturated carbocycles. The maximum absolute atomic E-state index is 13.7. The summed E-state index contributed by atoms with van der Waals surface area (Å²) in [5.74, 6) is -1.39. The van der Waals surface area contributed by atoms with Gasteiger partial charge in [0.25, 0.3) is 5.56 Å². The molecule has 5 rings (SSSR count). The van der Waals surface area contributed by atoms with Gasteiger partial charge < -0.3 is 14.9 Å². The minimum atomic E-state index is -2.38. The van der Waals surface area contributed by atoms with Gasteiger partial charge in [-0.3, -0.25) is 24.3 Å².